The summed E-state index contributed by atoms with van der Waals surface area (Å²) in [6.07, 6.45) is -4.64. The molecule has 0 saturated heterocycles. The van der Waals surface area contributed by atoms with Crippen molar-refractivity contribution >= 4 is 0 Å². The van der Waals surface area contributed by atoms with E-state index in [2.05, 4.69) is 0 Å². The molecule has 0 bridgehead atoms. The van der Waals surface area contributed by atoms with Crippen LogP contribution in [0.25, 0.3) is 0 Å². The van der Waals surface area contributed by atoms with Crippen LogP contribution in [0, 0.1) is 0 Å². The first kappa shape index (κ1) is 8.56. The summed E-state index contributed by atoms with van der Waals surface area (Å²) in [4.78, 5) is 0. The van der Waals surface area contributed by atoms with Crippen molar-refractivity contribution in [1.82, 2.24) is 0 Å². The van der Waals surface area contributed by atoms with E-state index < -0.39 is 17.9 Å². The van der Waals surface area contributed by atoms with Gasteiger partial charge in [0.25, 0.3) is 0 Å². The first-order chi connectivity index (χ1) is 5.00. The predicted molar refractivity (Wildman–Crippen MR) is 32.9 cm³/mol. The fourth-order valence-electron chi connectivity index (χ4n) is 1.06. The number of hydrogen-bond donors (Lipinski definition) is 0. The summed E-state index contributed by atoms with van der Waals surface area (Å²) in [5, 5.41) is 0. The fraction of sp³-hybridized carbons (Fsp3) is 0.714. The van der Waals surface area contributed by atoms with Crippen LogP contribution in [0.3, 0.4) is 0 Å². The zero-order chi connectivity index (χ0) is 8.48. The van der Waals surface area contributed by atoms with E-state index in [9.17, 15) is 17.6 Å². The van der Waals surface area contributed by atoms with Crippen molar-refractivity contribution in [3.8, 4) is 0 Å². The van der Waals surface area contributed by atoms with Crippen molar-refractivity contribution in [2.75, 3.05) is 0 Å². The SMILES string of the molecule is FC1CC=C(C(F)(F)F)CC1. The number of halogens is 4. The van der Waals surface area contributed by atoms with E-state index in [1.807, 2.05) is 0 Å². The summed E-state index contributed by atoms with van der Waals surface area (Å²) in [6.45, 7) is 0. The minimum atomic E-state index is -4.25. The molecule has 0 spiro atoms. The van der Waals surface area contributed by atoms with Crippen LogP contribution < -0.4 is 0 Å². The molecule has 0 aromatic carbocycles. The van der Waals surface area contributed by atoms with Crippen LogP contribution in [-0.2, 0) is 0 Å². The van der Waals surface area contributed by atoms with E-state index >= 15 is 0 Å². The maximum absolute atomic E-state index is 12.3. The van der Waals surface area contributed by atoms with Gasteiger partial charge >= 0.3 is 6.18 Å². The van der Waals surface area contributed by atoms with Crippen LogP contribution in [-0.4, -0.2) is 12.3 Å². The lowest BCUT2D eigenvalue weighted by Crippen LogP contribution is -2.17. The predicted octanol–water partition coefficient (Wildman–Crippen LogP) is 3.00. The van der Waals surface area contributed by atoms with Gasteiger partial charge in [0, 0.05) is 5.57 Å². The van der Waals surface area contributed by atoms with Crippen molar-refractivity contribution in [2.24, 2.45) is 0 Å². The second-order valence-corrected chi connectivity index (χ2v) is 2.60. The molecule has 11 heavy (non-hydrogen) atoms. The molecule has 64 valence electrons. The summed E-state index contributed by atoms with van der Waals surface area (Å²) in [5.41, 5.74) is -0.577. The van der Waals surface area contributed by atoms with Gasteiger partial charge in [0.15, 0.2) is 0 Å². The van der Waals surface area contributed by atoms with Gasteiger partial charge in [-0.1, -0.05) is 6.08 Å². The Morgan fingerprint density at radius 1 is 1.36 bits per heavy atom. The van der Waals surface area contributed by atoms with Crippen LogP contribution in [0.2, 0.25) is 0 Å². The molecule has 0 nitrogen and oxygen atoms in total. The van der Waals surface area contributed by atoms with Crippen LogP contribution >= 0.6 is 0 Å². The van der Waals surface area contributed by atoms with E-state index in [0.717, 1.165) is 6.08 Å². The molecule has 0 aromatic rings. The van der Waals surface area contributed by atoms with Gasteiger partial charge in [0.1, 0.15) is 6.17 Å². The number of rotatable bonds is 0. The quantitative estimate of drug-likeness (QED) is 0.385. The van der Waals surface area contributed by atoms with Crippen molar-refractivity contribution in [3.05, 3.63) is 11.6 Å². The largest absolute Gasteiger partial charge is 0.412 e. The van der Waals surface area contributed by atoms with Gasteiger partial charge in [0.05, 0.1) is 0 Å². The highest BCUT2D eigenvalue weighted by atomic mass is 19.4. The molecule has 0 amide bonds. The minimum absolute atomic E-state index is 0.00530. The molecule has 0 N–H and O–H groups in total. The molecule has 1 aliphatic carbocycles. The van der Waals surface area contributed by atoms with Crippen molar-refractivity contribution in [1.29, 1.82) is 0 Å². The van der Waals surface area contributed by atoms with E-state index in [1.165, 1.54) is 0 Å². The molecule has 1 aliphatic rings. The first-order valence-electron chi connectivity index (χ1n) is 3.40. The molecule has 0 heterocycles. The number of allylic oxidation sites excluding steroid dienone is 2. The fourth-order valence-corrected chi connectivity index (χ4v) is 1.06. The molecular weight excluding hydrogens is 160 g/mol. The second kappa shape index (κ2) is 2.83. The van der Waals surface area contributed by atoms with Gasteiger partial charge in [-0.3, -0.25) is 0 Å². The third-order valence-electron chi connectivity index (χ3n) is 1.71. The second-order valence-electron chi connectivity index (χ2n) is 2.60. The van der Waals surface area contributed by atoms with Gasteiger partial charge in [-0.05, 0) is 19.3 Å². The Morgan fingerprint density at radius 3 is 2.36 bits per heavy atom. The molecule has 0 aliphatic heterocycles. The van der Waals surface area contributed by atoms with E-state index in [1.54, 1.807) is 0 Å². The van der Waals surface area contributed by atoms with Crippen LogP contribution in [0.4, 0.5) is 17.6 Å². The average Bonchev–Trinajstić information content (AvgIpc) is 1.86. The van der Waals surface area contributed by atoms with Gasteiger partial charge in [0.2, 0.25) is 0 Å². The monoisotopic (exact) mass is 168 g/mol. The molecule has 1 rings (SSSR count). The van der Waals surface area contributed by atoms with E-state index in [-0.39, 0.29) is 19.3 Å². The van der Waals surface area contributed by atoms with Gasteiger partial charge < -0.3 is 0 Å². The molecule has 0 radical (unpaired) electrons. The van der Waals surface area contributed by atoms with Gasteiger partial charge in [-0.25, -0.2) is 4.39 Å². The molecule has 4 heteroatoms. The summed E-state index contributed by atoms with van der Waals surface area (Å²) < 4.78 is 48.0. The molecular formula is C7H8F4. The summed E-state index contributed by atoms with van der Waals surface area (Å²) >= 11 is 0. The molecule has 1 unspecified atom stereocenters. The van der Waals surface area contributed by atoms with E-state index in [4.69, 9.17) is 0 Å². The highest BCUT2D eigenvalue weighted by molar-refractivity contribution is 5.12. The summed E-state index contributed by atoms with van der Waals surface area (Å²) in [7, 11) is 0. The normalized spacial score (nSPS) is 26.5. The van der Waals surface area contributed by atoms with Crippen molar-refractivity contribution in [3.63, 3.8) is 0 Å². The first-order valence-corrected chi connectivity index (χ1v) is 3.40. The molecule has 1 atom stereocenters. The molecule has 0 fully saturated rings. The smallest absolute Gasteiger partial charge is 0.247 e. The summed E-state index contributed by atoms with van der Waals surface area (Å²) in [6, 6.07) is 0. The minimum Gasteiger partial charge on any atom is -0.247 e. The third kappa shape index (κ3) is 2.20. The lowest BCUT2D eigenvalue weighted by atomic mass is 9.98. The Hall–Kier alpha value is -0.540. The lowest BCUT2D eigenvalue weighted by Gasteiger charge is -2.17. The Bertz CT molecular complexity index is 168. The zero-order valence-electron chi connectivity index (χ0n) is 5.79. The number of hydrogen-bond acceptors (Lipinski definition) is 0. The molecule has 0 aromatic heterocycles. The van der Waals surface area contributed by atoms with Crippen LogP contribution in [0.15, 0.2) is 11.6 Å². The van der Waals surface area contributed by atoms with Crippen molar-refractivity contribution < 1.29 is 17.6 Å². The van der Waals surface area contributed by atoms with Crippen molar-refractivity contribution in [2.45, 2.75) is 31.6 Å². The van der Waals surface area contributed by atoms with Crippen LogP contribution in [0.5, 0.6) is 0 Å². The maximum Gasteiger partial charge on any atom is 0.412 e. The Kier molecular flexibility index (Phi) is 2.20. The Labute approximate surface area is 61.9 Å². The summed E-state index contributed by atoms with van der Waals surface area (Å²) in [5.74, 6) is 0. The topological polar surface area (TPSA) is 0 Å². The highest BCUT2D eigenvalue weighted by Crippen LogP contribution is 2.33. The van der Waals surface area contributed by atoms with Crippen LogP contribution in [0.1, 0.15) is 19.3 Å². The van der Waals surface area contributed by atoms with E-state index in [0.29, 0.717) is 0 Å². The standard InChI is InChI=1S/C7H8F4/c8-6-3-1-5(2-4-6)7(9,10)11/h1,6H,2-4H2. The Morgan fingerprint density at radius 2 is 2.00 bits per heavy atom. The van der Waals surface area contributed by atoms with Gasteiger partial charge in [-0.2, -0.15) is 13.2 Å². The Balaban J connectivity index is 2.62. The average molecular weight is 168 g/mol. The maximum atomic E-state index is 12.3. The zero-order valence-corrected chi connectivity index (χ0v) is 5.79. The number of alkyl halides is 4. The third-order valence-corrected chi connectivity index (χ3v) is 1.71. The van der Waals surface area contributed by atoms with Gasteiger partial charge in [-0.15, -0.1) is 0 Å². The lowest BCUT2D eigenvalue weighted by molar-refractivity contribution is -0.0957. The highest BCUT2D eigenvalue weighted by Gasteiger charge is 2.34. The molecule has 0 saturated carbocycles.